The summed E-state index contributed by atoms with van der Waals surface area (Å²) in [4.78, 5) is 0.237. The molecule has 0 radical (unpaired) electrons. The van der Waals surface area contributed by atoms with Gasteiger partial charge in [0.15, 0.2) is 0 Å². The minimum atomic E-state index is -3.50. The standard InChI is InChI=1S/C15H26N2O2S/c1-10(2)15(11(3)4)9-17-20(18,19)14-7-12(5)6-13(16)8-14/h6-8,10-11,15,17H,9,16H2,1-5H3. The molecule has 114 valence electrons. The van der Waals surface area contributed by atoms with Crippen molar-refractivity contribution in [2.45, 2.75) is 39.5 Å². The van der Waals surface area contributed by atoms with Crippen molar-refractivity contribution in [3.8, 4) is 0 Å². The van der Waals surface area contributed by atoms with E-state index in [1.807, 2.05) is 6.92 Å². The van der Waals surface area contributed by atoms with Gasteiger partial charge in [0, 0.05) is 12.2 Å². The molecule has 1 aromatic carbocycles. The number of hydrogen-bond acceptors (Lipinski definition) is 3. The predicted molar refractivity (Wildman–Crippen MR) is 83.9 cm³/mol. The van der Waals surface area contributed by atoms with Gasteiger partial charge < -0.3 is 5.73 Å². The Kier molecular flexibility index (Phi) is 5.59. The molecule has 0 aliphatic heterocycles. The molecule has 1 rings (SSSR count). The Hall–Kier alpha value is -1.07. The van der Waals surface area contributed by atoms with E-state index in [9.17, 15) is 8.42 Å². The molecule has 0 spiro atoms. The monoisotopic (exact) mass is 298 g/mol. The minimum absolute atomic E-state index is 0.237. The van der Waals surface area contributed by atoms with Gasteiger partial charge in [0.2, 0.25) is 10.0 Å². The molecule has 0 unspecified atom stereocenters. The van der Waals surface area contributed by atoms with E-state index < -0.39 is 10.0 Å². The first-order chi connectivity index (χ1) is 9.13. The lowest BCUT2D eigenvalue weighted by Gasteiger charge is -2.25. The van der Waals surface area contributed by atoms with Crippen LogP contribution in [0.3, 0.4) is 0 Å². The Balaban J connectivity index is 2.90. The predicted octanol–water partition coefficient (Wildman–Crippen LogP) is 2.78. The van der Waals surface area contributed by atoms with E-state index >= 15 is 0 Å². The van der Waals surface area contributed by atoms with Crippen molar-refractivity contribution in [1.82, 2.24) is 4.72 Å². The number of rotatable bonds is 6. The number of hydrogen-bond donors (Lipinski definition) is 2. The molecule has 0 fully saturated rings. The highest BCUT2D eigenvalue weighted by Crippen LogP contribution is 2.21. The van der Waals surface area contributed by atoms with Crippen molar-refractivity contribution in [1.29, 1.82) is 0 Å². The van der Waals surface area contributed by atoms with Gasteiger partial charge in [-0.1, -0.05) is 27.7 Å². The van der Waals surface area contributed by atoms with E-state index in [4.69, 9.17) is 5.73 Å². The minimum Gasteiger partial charge on any atom is -0.399 e. The first-order valence-electron chi connectivity index (χ1n) is 7.00. The molecule has 0 aliphatic carbocycles. The molecule has 0 aromatic heterocycles. The molecule has 20 heavy (non-hydrogen) atoms. The highest BCUT2D eigenvalue weighted by atomic mass is 32.2. The van der Waals surface area contributed by atoms with Gasteiger partial charge in [0.25, 0.3) is 0 Å². The second-order valence-corrected chi connectivity index (χ2v) is 7.85. The summed E-state index contributed by atoms with van der Waals surface area (Å²) in [6, 6.07) is 4.89. The lowest BCUT2D eigenvalue weighted by molar-refractivity contribution is 0.289. The number of nitrogens with two attached hydrogens (primary N) is 1. The number of sulfonamides is 1. The average molecular weight is 298 g/mol. The van der Waals surface area contributed by atoms with Gasteiger partial charge in [-0.3, -0.25) is 0 Å². The van der Waals surface area contributed by atoms with Crippen molar-refractivity contribution in [2.75, 3.05) is 12.3 Å². The highest BCUT2D eigenvalue weighted by molar-refractivity contribution is 7.89. The molecule has 0 saturated carbocycles. The lowest BCUT2D eigenvalue weighted by Crippen LogP contribution is -2.34. The van der Waals surface area contributed by atoms with Crippen LogP contribution in [0.2, 0.25) is 0 Å². The number of anilines is 1. The summed E-state index contributed by atoms with van der Waals surface area (Å²) in [7, 11) is -3.50. The molecule has 3 N–H and O–H groups in total. The van der Waals surface area contributed by atoms with Crippen LogP contribution >= 0.6 is 0 Å². The number of benzene rings is 1. The highest BCUT2D eigenvalue weighted by Gasteiger charge is 2.21. The van der Waals surface area contributed by atoms with Crippen LogP contribution in [0.15, 0.2) is 23.1 Å². The van der Waals surface area contributed by atoms with E-state index in [1.54, 1.807) is 12.1 Å². The van der Waals surface area contributed by atoms with E-state index in [0.717, 1.165) is 5.56 Å². The zero-order valence-electron chi connectivity index (χ0n) is 13.0. The Labute approximate surface area is 122 Å². The van der Waals surface area contributed by atoms with Crippen LogP contribution in [-0.4, -0.2) is 15.0 Å². The average Bonchev–Trinajstić information content (AvgIpc) is 2.26. The van der Waals surface area contributed by atoms with Crippen LogP contribution in [0.5, 0.6) is 0 Å². The van der Waals surface area contributed by atoms with Crippen LogP contribution in [-0.2, 0) is 10.0 Å². The summed E-state index contributed by atoms with van der Waals surface area (Å²) in [6.07, 6.45) is 0. The molecule has 0 heterocycles. The van der Waals surface area contributed by atoms with Gasteiger partial charge in [-0.25, -0.2) is 13.1 Å². The number of nitrogens with one attached hydrogen (secondary N) is 1. The van der Waals surface area contributed by atoms with Crippen molar-refractivity contribution in [3.63, 3.8) is 0 Å². The van der Waals surface area contributed by atoms with Gasteiger partial charge in [0.05, 0.1) is 4.90 Å². The van der Waals surface area contributed by atoms with Crippen LogP contribution in [0, 0.1) is 24.7 Å². The molecule has 0 saturated heterocycles. The molecule has 0 bridgehead atoms. The summed E-state index contributed by atoms with van der Waals surface area (Å²) in [5, 5.41) is 0. The van der Waals surface area contributed by atoms with Crippen molar-refractivity contribution < 1.29 is 8.42 Å². The fourth-order valence-electron chi connectivity index (χ4n) is 2.46. The second kappa shape index (κ2) is 6.59. The Morgan fingerprint density at radius 3 is 2.10 bits per heavy atom. The van der Waals surface area contributed by atoms with Gasteiger partial charge in [-0.05, 0) is 48.4 Å². The fraction of sp³-hybridized carbons (Fsp3) is 0.600. The van der Waals surface area contributed by atoms with Gasteiger partial charge in [-0.15, -0.1) is 0 Å². The Bertz CT molecular complexity index is 523. The summed E-state index contributed by atoms with van der Waals surface area (Å²) in [6.45, 7) is 10.7. The lowest BCUT2D eigenvalue weighted by atomic mass is 9.86. The number of aryl methyl sites for hydroxylation is 1. The first-order valence-corrected chi connectivity index (χ1v) is 8.48. The van der Waals surface area contributed by atoms with Crippen molar-refractivity contribution >= 4 is 15.7 Å². The largest absolute Gasteiger partial charge is 0.399 e. The zero-order chi connectivity index (χ0) is 15.5. The SMILES string of the molecule is Cc1cc(N)cc(S(=O)(=O)NCC(C(C)C)C(C)C)c1. The quantitative estimate of drug-likeness (QED) is 0.793. The topological polar surface area (TPSA) is 72.2 Å². The normalized spacial score (nSPS) is 12.6. The van der Waals surface area contributed by atoms with Gasteiger partial charge >= 0.3 is 0 Å². The third kappa shape index (κ3) is 4.49. The van der Waals surface area contributed by atoms with Crippen LogP contribution in [0.4, 0.5) is 5.69 Å². The first kappa shape index (κ1) is 17.0. The molecule has 1 aromatic rings. The van der Waals surface area contributed by atoms with Gasteiger partial charge in [0.1, 0.15) is 0 Å². The fourth-order valence-corrected chi connectivity index (χ4v) is 3.67. The second-order valence-electron chi connectivity index (χ2n) is 6.08. The van der Waals surface area contributed by atoms with E-state index in [1.165, 1.54) is 6.07 Å². The molecule has 5 heteroatoms. The molecule has 0 atom stereocenters. The maximum absolute atomic E-state index is 12.3. The smallest absolute Gasteiger partial charge is 0.240 e. The Morgan fingerprint density at radius 1 is 1.10 bits per heavy atom. The van der Waals surface area contributed by atoms with E-state index in [-0.39, 0.29) is 4.90 Å². The summed E-state index contributed by atoms with van der Waals surface area (Å²) in [5.41, 5.74) is 7.03. The molecular formula is C15H26N2O2S. The van der Waals surface area contributed by atoms with Crippen LogP contribution < -0.4 is 10.5 Å². The van der Waals surface area contributed by atoms with Crippen molar-refractivity contribution in [3.05, 3.63) is 23.8 Å². The van der Waals surface area contributed by atoms with Crippen molar-refractivity contribution in [2.24, 2.45) is 17.8 Å². The number of nitrogen functional groups attached to an aromatic ring is 1. The molecular weight excluding hydrogens is 272 g/mol. The van der Waals surface area contributed by atoms with Gasteiger partial charge in [-0.2, -0.15) is 0 Å². The van der Waals surface area contributed by atoms with Crippen LogP contribution in [0.25, 0.3) is 0 Å². The molecule has 0 amide bonds. The maximum Gasteiger partial charge on any atom is 0.240 e. The summed E-state index contributed by atoms with van der Waals surface area (Å²) >= 11 is 0. The maximum atomic E-state index is 12.3. The zero-order valence-corrected chi connectivity index (χ0v) is 13.8. The molecule has 4 nitrogen and oxygen atoms in total. The third-order valence-electron chi connectivity index (χ3n) is 3.61. The third-order valence-corrected chi connectivity index (χ3v) is 5.01. The Morgan fingerprint density at radius 2 is 1.65 bits per heavy atom. The van der Waals surface area contributed by atoms with E-state index in [0.29, 0.717) is 30.0 Å². The summed E-state index contributed by atoms with van der Waals surface area (Å²) < 4.78 is 27.3. The van der Waals surface area contributed by atoms with Crippen LogP contribution in [0.1, 0.15) is 33.3 Å². The summed E-state index contributed by atoms with van der Waals surface area (Å²) in [5.74, 6) is 1.17. The van der Waals surface area contributed by atoms with E-state index in [2.05, 4.69) is 32.4 Å². The molecule has 0 aliphatic rings.